The number of rotatable bonds is 3. The first-order valence-corrected chi connectivity index (χ1v) is 7.82. The molecule has 0 aliphatic heterocycles. The van der Waals surface area contributed by atoms with Crippen LogP contribution in [-0.2, 0) is 5.41 Å². The summed E-state index contributed by atoms with van der Waals surface area (Å²) in [5.41, 5.74) is 4.63. The Morgan fingerprint density at radius 3 is 2.67 bits per heavy atom. The smallest absolute Gasteiger partial charge is 0.281 e. The van der Waals surface area contributed by atoms with Crippen molar-refractivity contribution < 1.29 is 4.79 Å². The van der Waals surface area contributed by atoms with Gasteiger partial charge in [0.25, 0.3) is 5.91 Å². The van der Waals surface area contributed by atoms with Gasteiger partial charge < -0.3 is 0 Å². The fraction of sp³-hybridized carbons (Fsp3) is 0.211. The number of hydrogen-bond donors (Lipinski definition) is 2. The molecule has 1 heterocycles. The van der Waals surface area contributed by atoms with Gasteiger partial charge in [0.15, 0.2) is 5.69 Å². The fourth-order valence-corrected chi connectivity index (χ4v) is 2.40. The Bertz CT molecular complexity index is 898. The molecular weight excluding hydrogens is 300 g/mol. The molecule has 2 aromatic carbocycles. The molecule has 0 saturated heterocycles. The van der Waals surface area contributed by atoms with Gasteiger partial charge in [0.05, 0.1) is 6.21 Å². The summed E-state index contributed by atoms with van der Waals surface area (Å²) in [7, 11) is 0. The third-order valence-corrected chi connectivity index (χ3v) is 3.81. The highest BCUT2D eigenvalue weighted by molar-refractivity contribution is 6.00. The second-order valence-electron chi connectivity index (χ2n) is 6.68. The molecule has 5 nitrogen and oxygen atoms in total. The molecule has 0 bridgehead atoms. The molecule has 122 valence electrons. The van der Waals surface area contributed by atoms with E-state index < -0.39 is 0 Å². The Kier molecular flexibility index (Phi) is 4.16. The summed E-state index contributed by atoms with van der Waals surface area (Å²) >= 11 is 0. The molecule has 24 heavy (non-hydrogen) atoms. The normalized spacial score (nSPS) is 12.0. The standard InChI is InChI=1S/C19H20N4O/c1-19(2,3)17-11-16(21-22-17)18(24)23-20-12-14-9-6-8-13-7-4-5-10-15(13)14/h4-12H,1-3H3,(H,21,22)(H,23,24)/b20-12+. The van der Waals surface area contributed by atoms with Crippen molar-refractivity contribution in [3.05, 3.63) is 65.5 Å². The van der Waals surface area contributed by atoms with Crippen LogP contribution >= 0.6 is 0 Å². The van der Waals surface area contributed by atoms with Gasteiger partial charge in [0.1, 0.15) is 0 Å². The van der Waals surface area contributed by atoms with Crippen molar-refractivity contribution in [2.45, 2.75) is 26.2 Å². The maximum Gasteiger partial charge on any atom is 0.291 e. The van der Waals surface area contributed by atoms with Crippen molar-refractivity contribution in [3.8, 4) is 0 Å². The summed E-state index contributed by atoms with van der Waals surface area (Å²) in [4.78, 5) is 12.1. The minimum Gasteiger partial charge on any atom is -0.281 e. The molecule has 1 aromatic heterocycles. The lowest BCUT2D eigenvalue weighted by molar-refractivity contribution is 0.0950. The van der Waals surface area contributed by atoms with Crippen LogP contribution in [0, 0.1) is 0 Å². The molecule has 0 radical (unpaired) electrons. The van der Waals surface area contributed by atoms with Gasteiger partial charge in [-0.15, -0.1) is 0 Å². The molecule has 5 heteroatoms. The first-order valence-electron chi connectivity index (χ1n) is 7.82. The van der Waals surface area contributed by atoms with Crippen molar-refractivity contribution in [1.29, 1.82) is 0 Å². The van der Waals surface area contributed by atoms with Crippen LogP contribution in [0.4, 0.5) is 0 Å². The van der Waals surface area contributed by atoms with E-state index in [-0.39, 0.29) is 11.3 Å². The van der Waals surface area contributed by atoms with E-state index in [4.69, 9.17) is 0 Å². The molecule has 0 saturated carbocycles. The summed E-state index contributed by atoms with van der Waals surface area (Å²) in [5, 5.41) is 13.2. The van der Waals surface area contributed by atoms with Crippen LogP contribution < -0.4 is 5.43 Å². The predicted molar refractivity (Wildman–Crippen MR) is 96.3 cm³/mol. The van der Waals surface area contributed by atoms with E-state index in [1.54, 1.807) is 12.3 Å². The number of benzene rings is 2. The second-order valence-corrected chi connectivity index (χ2v) is 6.68. The highest BCUT2D eigenvalue weighted by Crippen LogP contribution is 2.20. The quantitative estimate of drug-likeness (QED) is 0.571. The van der Waals surface area contributed by atoms with Crippen LogP contribution in [0.2, 0.25) is 0 Å². The first kappa shape index (κ1) is 15.9. The highest BCUT2D eigenvalue weighted by Gasteiger charge is 2.19. The van der Waals surface area contributed by atoms with Gasteiger partial charge in [-0.2, -0.15) is 10.2 Å². The number of carbonyl (C=O) groups excluding carboxylic acids is 1. The third kappa shape index (κ3) is 3.35. The van der Waals surface area contributed by atoms with Crippen molar-refractivity contribution in [3.63, 3.8) is 0 Å². The summed E-state index contributed by atoms with van der Waals surface area (Å²) < 4.78 is 0. The van der Waals surface area contributed by atoms with Gasteiger partial charge in [0, 0.05) is 16.7 Å². The summed E-state index contributed by atoms with van der Waals surface area (Å²) in [6, 6.07) is 15.8. The van der Waals surface area contributed by atoms with E-state index in [1.807, 2.05) is 42.5 Å². The van der Waals surface area contributed by atoms with Crippen LogP contribution in [0.15, 0.2) is 53.6 Å². The van der Waals surface area contributed by atoms with E-state index in [0.717, 1.165) is 22.0 Å². The zero-order valence-electron chi connectivity index (χ0n) is 14.0. The Balaban J connectivity index is 1.74. The van der Waals surface area contributed by atoms with E-state index in [9.17, 15) is 4.79 Å². The van der Waals surface area contributed by atoms with Gasteiger partial charge in [-0.25, -0.2) is 5.43 Å². The third-order valence-electron chi connectivity index (χ3n) is 3.81. The number of aromatic nitrogens is 2. The molecule has 3 rings (SSSR count). The molecule has 2 N–H and O–H groups in total. The van der Waals surface area contributed by atoms with E-state index in [1.165, 1.54) is 0 Å². The van der Waals surface area contributed by atoms with Crippen molar-refractivity contribution >= 4 is 22.9 Å². The van der Waals surface area contributed by atoms with E-state index in [0.29, 0.717) is 5.69 Å². The van der Waals surface area contributed by atoms with Crippen molar-refractivity contribution in [2.75, 3.05) is 0 Å². The lowest BCUT2D eigenvalue weighted by Crippen LogP contribution is -2.18. The van der Waals surface area contributed by atoms with Gasteiger partial charge in [0.2, 0.25) is 0 Å². The molecule has 3 aromatic rings. The number of H-pyrrole nitrogens is 1. The Morgan fingerprint density at radius 1 is 1.17 bits per heavy atom. The maximum absolute atomic E-state index is 12.1. The van der Waals surface area contributed by atoms with E-state index >= 15 is 0 Å². The number of fused-ring (bicyclic) bond motifs is 1. The number of amides is 1. The summed E-state index contributed by atoms with van der Waals surface area (Å²) in [6.45, 7) is 6.17. The fourth-order valence-electron chi connectivity index (χ4n) is 2.40. The maximum atomic E-state index is 12.1. The molecule has 0 unspecified atom stereocenters. The number of nitrogens with zero attached hydrogens (tertiary/aromatic N) is 2. The molecule has 1 amide bonds. The van der Waals surface area contributed by atoms with Crippen molar-refractivity contribution in [1.82, 2.24) is 15.6 Å². The minimum atomic E-state index is -0.335. The monoisotopic (exact) mass is 320 g/mol. The zero-order chi connectivity index (χ0) is 17.2. The average Bonchev–Trinajstić information content (AvgIpc) is 3.05. The largest absolute Gasteiger partial charge is 0.291 e. The Labute approximate surface area is 140 Å². The van der Waals surface area contributed by atoms with Crippen molar-refractivity contribution in [2.24, 2.45) is 5.10 Å². The van der Waals surface area contributed by atoms with Crippen LogP contribution in [0.1, 0.15) is 42.5 Å². The Morgan fingerprint density at radius 2 is 1.92 bits per heavy atom. The molecule has 0 atom stereocenters. The predicted octanol–water partition coefficient (Wildman–Crippen LogP) is 3.62. The molecule has 0 aliphatic carbocycles. The number of nitrogens with one attached hydrogen (secondary N) is 2. The zero-order valence-corrected chi connectivity index (χ0v) is 14.0. The van der Waals surface area contributed by atoms with Crippen LogP contribution in [0.25, 0.3) is 10.8 Å². The van der Waals surface area contributed by atoms with Gasteiger partial charge in [-0.3, -0.25) is 9.89 Å². The summed E-state index contributed by atoms with van der Waals surface area (Å²) in [5.74, 6) is -0.335. The van der Waals surface area contributed by atoms with Crippen LogP contribution in [-0.4, -0.2) is 22.3 Å². The number of carbonyl (C=O) groups is 1. The van der Waals surface area contributed by atoms with Crippen LogP contribution in [0.5, 0.6) is 0 Å². The van der Waals surface area contributed by atoms with Gasteiger partial charge in [-0.05, 0) is 16.8 Å². The number of aromatic amines is 1. The lowest BCUT2D eigenvalue weighted by Gasteiger charge is -2.14. The van der Waals surface area contributed by atoms with Gasteiger partial charge in [-0.1, -0.05) is 63.2 Å². The average molecular weight is 320 g/mol. The minimum absolute atomic E-state index is 0.0856. The molecule has 0 aliphatic rings. The number of hydrogen-bond acceptors (Lipinski definition) is 3. The molecule has 0 spiro atoms. The number of hydrazone groups is 1. The topological polar surface area (TPSA) is 70.1 Å². The molecular formula is C19H20N4O. The summed E-state index contributed by atoms with van der Waals surface area (Å²) in [6.07, 6.45) is 1.65. The first-order chi connectivity index (χ1) is 11.4. The molecule has 0 fully saturated rings. The Hall–Kier alpha value is -2.95. The lowest BCUT2D eigenvalue weighted by atomic mass is 9.92. The van der Waals surface area contributed by atoms with Gasteiger partial charge >= 0.3 is 0 Å². The van der Waals surface area contributed by atoms with Crippen LogP contribution in [0.3, 0.4) is 0 Å². The SMILES string of the molecule is CC(C)(C)c1cc(C(=O)N/N=C/c2cccc3ccccc23)n[nH]1. The highest BCUT2D eigenvalue weighted by atomic mass is 16.2. The van der Waals surface area contributed by atoms with E-state index in [2.05, 4.69) is 41.5 Å². The second kappa shape index (κ2) is 6.28.